The SMILES string of the molecule is N#Cc1ccc(Cc2nccn2Cc2ccn(-c3ncccc3[N+](=O)[O-])c(=O)c2)cc1. The second-order valence-corrected chi connectivity index (χ2v) is 6.80. The molecule has 0 amide bonds. The summed E-state index contributed by atoms with van der Waals surface area (Å²) in [4.78, 5) is 31.7. The molecular formula is C22H16N6O3. The van der Waals surface area contributed by atoms with Crippen molar-refractivity contribution in [3.63, 3.8) is 0 Å². The lowest BCUT2D eigenvalue weighted by Gasteiger charge is -2.10. The van der Waals surface area contributed by atoms with E-state index in [1.807, 2.05) is 22.9 Å². The Kier molecular flexibility index (Phi) is 5.36. The number of pyridine rings is 2. The fourth-order valence-electron chi connectivity index (χ4n) is 3.24. The highest BCUT2D eigenvalue weighted by molar-refractivity contribution is 5.46. The number of benzene rings is 1. The number of hydrogen-bond donors (Lipinski definition) is 0. The second kappa shape index (κ2) is 8.42. The summed E-state index contributed by atoms with van der Waals surface area (Å²) >= 11 is 0. The molecule has 0 N–H and O–H groups in total. The third kappa shape index (κ3) is 4.23. The van der Waals surface area contributed by atoms with E-state index in [0.29, 0.717) is 18.5 Å². The Labute approximate surface area is 176 Å². The lowest BCUT2D eigenvalue weighted by atomic mass is 10.1. The summed E-state index contributed by atoms with van der Waals surface area (Å²) in [5, 5.41) is 20.2. The molecule has 9 heteroatoms. The second-order valence-electron chi connectivity index (χ2n) is 6.80. The predicted molar refractivity (Wildman–Crippen MR) is 112 cm³/mol. The highest BCUT2D eigenvalue weighted by atomic mass is 16.6. The van der Waals surface area contributed by atoms with Crippen LogP contribution in [0.5, 0.6) is 0 Å². The summed E-state index contributed by atoms with van der Waals surface area (Å²) in [6.07, 6.45) is 7.00. The fourth-order valence-corrected chi connectivity index (χ4v) is 3.24. The van der Waals surface area contributed by atoms with Gasteiger partial charge in [-0.2, -0.15) is 5.26 Å². The van der Waals surface area contributed by atoms with Crippen LogP contribution in [0, 0.1) is 21.4 Å². The largest absolute Gasteiger partial charge is 0.330 e. The van der Waals surface area contributed by atoms with Gasteiger partial charge in [-0.15, -0.1) is 0 Å². The van der Waals surface area contributed by atoms with Gasteiger partial charge in [-0.05, 0) is 35.4 Å². The summed E-state index contributed by atoms with van der Waals surface area (Å²) in [6, 6.07) is 15.3. The summed E-state index contributed by atoms with van der Waals surface area (Å²) in [5.41, 5.74) is 1.70. The van der Waals surface area contributed by atoms with Crippen LogP contribution in [0.25, 0.3) is 5.82 Å². The number of nitrogens with zero attached hydrogens (tertiary/aromatic N) is 6. The molecule has 0 saturated heterocycles. The average Bonchev–Trinajstić information content (AvgIpc) is 3.21. The molecule has 0 aliphatic rings. The van der Waals surface area contributed by atoms with Crippen LogP contribution in [-0.4, -0.2) is 24.0 Å². The number of nitriles is 1. The number of hydrogen-bond acceptors (Lipinski definition) is 6. The molecule has 0 aliphatic heterocycles. The van der Waals surface area contributed by atoms with Crippen LogP contribution in [-0.2, 0) is 13.0 Å². The van der Waals surface area contributed by atoms with Gasteiger partial charge in [-0.3, -0.25) is 19.5 Å². The Balaban J connectivity index is 1.57. The monoisotopic (exact) mass is 412 g/mol. The topological polar surface area (TPSA) is 120 Å². The summed E-state index contributed by atoms with van der Waals surface area (Å²) in [7, 11) is 0. The first-order valence-electron chi connectivity index (χ1n) is 9.35. The van der Waals surface area contributed by atoms with Gasteiger partial charge in [-0.1, -0.05) is 12.1 Å². The molecule has 0 radical (unpaired) electrons. The first-order valence-corrected chi connectivity index (χ1v) is 9.35. The molecule has 4 aromatic rings. The zero-order valence-electron chi connectivity index (χ0n) is 16.3. The Morgan fingerprint density at radius 1 is 1.03 bits per heavy atom. The first kappa shape index (κ1) is 19.7. The average molecular weight is 412 g/mol. The van der Waals surface area contributed by atoms with Gasteiger partial charge < -0.3 is 4.57 Å². The first-order chi connectivity index (χ1) is 15.0. The Hall–Kier alpha value is -4.58. The predicted octanol–water partition coefficient (Wildman–Crippen LogP) is 2.85. The van der Waals surface area contributed by atoms with Crippen LogP contribution in [0.2, 0.25) is 0 Å². The maximum absolute atomic E-state index is 12.6. The van der Waals surface area contributed by atoms with Gasteiger partial charge in [0, 0.05) is 49.9 Å². The number of rotatable bonds is 6. The molecule has 0 bridgehead atoms. The van der Waals surface area contributed by atoms with Crippen LogP contribution in [0.1, 0.15) is 22.5 Å². The summed E-state index contributed by atoms with van der Waals surface area (Å²) in [6.45, 7) is 0.423. The van der Waals surface area contributed by atoms with Crippen molar-refractivity contribution < 1.29 is 4.92 Å². The minimum atomic E-state index is -0.566. The molecule has 0 fully saturated rings. The third-order valence-electron chi connectivity index (χ3n) is 4.77. The van der Waals surface area contributed by atoms with Gasteiger partial charge in [0.25, 0.3) is 5.56 Å². The minimum Gasteiger partial charge on any atom is -0.330 e. The standard InChI is InChI=1S/C22H16N6O3/c23-14-17-5-3-16(4-6-17)12-20-24-9-11-26(20)15-18-7-10-27(21(29)13-18)22-19(28(30)31)2-1-8-25-22/h1-11,13H,12,15H2. The van der Waals surface area contributed by atoms with Crippen LogP contribution in [0.15, 0.2) is 78.1 Å². The smallest absolute Gasteiger partial charge is 0.312 e. The maximum atomic E-state index is 12.6. The van der Waals surface area contributed by atoms with Crippen LogP contribution in [0.4, 0.5) is 5.69 Å². The van der Waals surface area contributed by atoms with Crippen LogP contribution in [0.3, 0.4) is 0 Å². The molecule has 0 saturated carbocycles. The highest BCUT2D eigenvalue weighted by Gasteiger charge is 2.17. The highest BCUT2D eigenvalue weighted by Crippen LogP contribution is 2.18. The van der Waals surface area contributed by atoms with E-state index in [-0.39, 0.29) is 11.5 Å². The number of imidazole rings is 1. The van der Waals surface area contributed by atoms with Crippen molar-refractivity contribution in [2.24, 2.45) is 0 Å². The third-order valence-corrected chi connectivity index (χ3v) is 4.77. The maximum Gasteiger partial charge on any atom is 0.312 e. The Bertz CT molecular complexity index is 1350. The molecule has 0 unspecified atom stereocenters. The van der Waals surface area contributed by atoms with Crippen molar-refractivity contribution in [1.82, 2.24) is 19.1 Å². The van der Waals surface area contributed by atoms with Gasteiger partial charge >= 0.3 is 5.69 Å². The van der Waals surface area contributed by atoms with Gasteiger partial charge in [0.05, 0.1) is 16.6 Å². The molecule has 3 heterocycles. The Morgan fingerprint density at radius 2 is 1.84 bits per heavy atom. The minimum absolute atomic E-state index is 0.0202. The van der Waals surface area contributed by atoms with Crippen molar-refractivity contribution in [3.05, 3.63) is 116 Å². The zero-order valence-corrected chi connectivity index (χ0v) is 16.3. The molecule has 9 nitrogen and oxygen atoms in total. The zero-order chi connectivity index (χ0) is 21.8. The fraction of sp³-hybridized carbons (Fsp3) is 0.0909. The van der Waals surface area contributed by atoms with E-state index in [2.05, 4.69) is 16.0 Å². The summed E-state index contributed by atoms with van der Waals surface area (Å²) in [5.74, 6) is 0.794. The number of aromatic nitrogens is 4. The number of nitro groups is 1. The molecule has 152 valence electrons. The lowest BCUT2D eigenvalue weighted by molar-refractivity contribution is -0.384. The van der Waals surface area contributed by atoms with Gasteiger partial charge in [-0.25, -0.2) is 9.97 Å². The molecule has 3 aromatic heterocycles. The molecular weight excluding hydrogens is 396 g/mol. The van der Waals surface area contributed by atoms with E-state index in [0.717, 1.165) is 21.5 Å². The molecule has 1 aromatic carbocycles. The van der Waals surface area contributed by atoms with E-state index in [1.54, 1.807) is 24.4 Å². The summed E-state index contributed by atoms with van der Waals surface area (Å²) < 4.78 is 3.09. The molecule has 4 rings (SSSR count). The van der Waals surface area contributed by atoms with E-state index in [4.69, 9.17) is 5.26 Å². The van der Waals surface area contributed by atoms with Gasteiger partial charge in [0.1, 0.15) is 5.82 Å². The van der Waals surface area contributed by atoms with E-state index >= 15 is 0 Å². The van der Waals surface area contributed by atoms with Gasteiger partial charge in [0.15, 0.2) is 0 Å². The van der Waals surface area contributed by atoms with Crippen molar-refractivity contribution >= 4 is 5.69 Å². The van der Waals surface area contributed by atoms with E-state index in [9.17, 15) is 14.9 Å². The van der Waals surface area contributed by atoms with Gasteiger partial charge in [0.2, 0.25) is 5.82 Å². The van der Waals surface area contributed by atoms with Crippen molar-refractivity contribution in [1.29, 1.82) is 5.26 Å². The van der Waals surface area contributed by atoms with Crippen LogP contribution < -0.4 is 5.56 Å². The van der Waals surface area contributed by atoms with E-state index in [1.165, 1.54) is 30.6 Å². The molecule has 0 aliphatic carbocycles. The van der Waals surface area contributed by atoms with Crippen LogP contribution >= 0.6 is 0 Å². The van der Waals surface area contributed by atoms with Crippen molar-refractivity contribution in [2.75, 3.05) is 0 Å². The van der Waals surface area contributed by atoms with Crippen molar-refractivity contribution in [3.8, 4) is 11.9 Å². The quantitative estimate of drug-likeness (QED) is 0.355. The molecule has 0 spiro atoms. The van der Waals surface area contributed by atoms with E-state index < -0.39 is 10.5 Å². The Morgan fingerprint density at radius 3 is 2.55 bits per heavy atom. The normalized spacial score (nSPS) is 10.5. The lowest BCUT2D eigenvalue weighted by Crippen LogP contribution is -2.20. The molecule has 31 heavy (non-hydrogen) atoms. The van der Waals surface area contributed by atoms with Crippen molar-refractivity contribution in [2.45, 2.75) is 13.0 Å². The molecule has 0 atom stereocenters.